The van der Waals surface area contributed by atoms with Crippen LogP contribution in [0.1, 0.15) is 78.1 Å². The molecule has 0 atom stereocenters. The topological polar surface area (TPSA) is 37.4 Å². The van der Waals surface area contributed by atoms with Crippen LogP contribution in [0.2, 0.25) is 0 Å². The van der Waals surface area contributed by atoms with Gasteiger partial charge in [-0.15, -0.1) is 0 Å². The lowest BCUT2D eigenvalue weighted by atomic mass is 10.1. The van der Waals surface area contributed by atoms with Crippen molar-refractivity contribution in [1.82, 2.24) is 4.31 Å². The Kier molecular flexibility index (Phi) is 11.7. The molecule has 0 aromatic heterocycles. The number of rotatable bonds is 13. The molecule has 19 heavy (non-hydrogen) atoms. The minimum Gasteiger partial charge on any atom is -0.213 e. The van der Waals surface area contributed by atoms with Gasteiger partial charge in [-0.05, 0) is 6.42 Å². The number of unbranched alkanes of at least 4 members (excludes halogenated alkanes) is 9. The maximum Gasteiger partial charge on any atom is 0.211 e. The predicted octanol–water partition coefficient (Wildman–Crippen LogP) is 4.19. The second kappa shape index (κ2) is 11.7. The average Bonchev–Trinajstić information content (AvgIpc) is 2.34. The van der Waals surface area contributed by atoms with Gasteiger partial charge in [0, 0.05) is 13.1 Å². The highest BCUT2D eigenvalue weighted by molar-refractivity contribution is 7.88. The van der Waals surface area contributed by atoms with E-state index in [4.69, 9.17) is 0 Å². The van der Waals surface area contributed by atoms with Gasteiger partial charge in [0.2, 0.25) is 10.0 Å². The molecule has 4 heteroatoms. The van der Waals surface area contributed by atoms with E-state index in [-0.39, 0.29) is 0 Å². The molecule has 0 bridgehead atoms. The van der Waals surface area contributed by atoms with Crippen LogP contribution < -0.4 is 0 Å². The van der Waals surface area contributed by atoms with Gasteiger partial charge in [-0.2, -0.15) is 0 Å². The molecule has 0 heterocycles. The highest BCUT2D eigenvalue weighted by Gasteiger charge is 2.12. The first kappa shape index (κ1) is 18.9. The molecular weight excluding hydrogens is 258 g/mol. The molecule has 0 radical (unpaired) electrons. The van der Waals surface area contributed by atoms with E-state index in [9.17, 15) is 8.42 Å². The molecule has 116 valence electrons. The second-order valence-electron chi connectivity index (χ2n) is 5.44. The Labute approximate surface area is 120 Å². The average molecular weight is 292 g/mol. The first-order valence-corrected chi connectivity index (χ1v) is 9.82. The van der Waals surface area contributed by atoms with Crippen LogP contribution >= 0.6 is 0 Å². The summed E-state index contributed by atoms with van der Waals surface area (Å²) in [6.07, 6.45) is 14.2. The first-order chi connectivity index (χ1) is 9.02. The van der Waals surface area contributed by atoms with Crippen LogP contribution in [-0.2, 0) is 10.0 Å². The lowest BCUT2D eigenvalue weighted by Crippen LogP contribution is -2.30. The predicted molar refractivity (Wildman–Crippen MR) is 83.9 cm³/mol. The van der Waals surface area contributed by atoms with E-state index in [1.54, 1.807) is 4.31 Å². The van der Waals surface area contributed by atoms with E-state index in [2.05, 4.69) is 6.92 Å². The summed E-state index contributed by atoms with van der Waals surface area (Å²) in [6, 6.07) is 0. The Balaban J connectivity index is 3.35. The van der Waals surface area contributed by atoms with Crippen LogP contribution in [0.4, 0.5) is 0 Å². The molecule has 0 saturated carbocycles. The summed E-state index contributed by atoms with van der Waals surface area (Å²) in [5, 5.41) is 0. The van der Waals surface area contributed by atoms with Crippen LogP contribution in [0.15, 0.2) is 0 Å². The monoisotopic (exact) mass is 291 g/mol. The van der Waals surface area contributed by atoms with E-state index in [1.165, 1.54) is 57.6 Å². The zero-order valence-electron chi connectivity index (χ0n) is 13.2. The Morgan fingerprint density at radius 3 is 1.53 bits per heavy atom. The van der Waals surface area contributed by atoms with Gasteiger partial charge in [-0.25, -0.2) is 12.7 Å². The maximum atomic E-state index is 11.4. The fourth-order valence-electron chi connectivity index (χ4n) is 2.33. The SMILES string of the molecule is CCCCCCCCCCCCN(CC)S(C)(=O)=O. The van der Waals surface area contributed by atoms with Crippen molar-refractivity contribution in [2.45, 2.75) is 78.1 Å². The van der Waals surface area contributed by atoms with Crippen molar-refractivity contribution in [2.75, 3.05) is 19.3 Å². The van der Waals surface area contributed by atoms with Crippen LogP contribution in [0.25, 0.3) is 0 Å². The molecule has 0 aliphatic heterocycles. The van der Waals surface area contributed by atoms with Crippen LogP contribution in [0, 0.1) is 0 Å². The first-order valence-electron chi connectivity index (χ1n) is 7.97. The van der Waals surface area contributed by atoms with Gasteiger partial charge >= 0.3 is 0 Å². The standard InChI is InChI=1S/C15H33NO2S/c1-4-6-7-8-9-10-11-12-13-14-15-16(5-2)19(3,17)18/h4-15H2,1-3H3. The van der Waals surface area contributed by atoms with E-state index in [0.717, 1.165) is 12.8 Å². The minimum atomic E-state index is -2.99. The van der Waals surface area contributed by atoms with Gasteiger partial charge in [0.25, 0.3) is 0 Å². The zero-order valence-corrected chi connectivity index (χ0v) is 14.0. The van der Waals surface area contributed by atoms with Gasteiger partial charge < -0.3 is 0 Å². The van der Waals surface area contributed by atoms with Crippen molar-refractivity contribution in [2.24, 2.45) is 0 Å². The zero-order chi connectivity index (χ0) is 14.6. The quantitative estimate of drug-likeness (QED) is 0.477. The number of hydrogen-bond acceptors (Lipinski definition) is 2. The Hall–Kier alpha value is -0.0900. The molecule has 0 amide bonds. The molecule has 0 aliphatic rings. The van der Waals surface area contributed by atoms with Crippen molar-refractivity contribution >= 4 is 10.0 Å². The summed E-state index contributed by atoms with van der Waals surface area (Å²) in [7, 11) is -2.99. The molecule has 0 aromatic carbocycles. The minimum absolute atomic E-state index is 0.594. The Morgan fingerprint density at radius 1 is 0.737 bits per heavy atom. The normalized spacial score (nSPS) is 12.2. The molecule has 0 saturated heterocycles. The van der Waals surface area contributed by atoms with Gasteiger partial charge in [0.15, 0.2) is 0 Å². The fraction of sp³-hybridized carbons (Fsp3) is 1.00. The van der Waals surface area contributed by atoms with Crippen LogP contribution in [0.5, 0.6) is 0 Å². The van der Waals surface area contributed by atoms with Crippen molar-refractivity contribution in [3.05, 3.63) is 0 Å². The summed E-state index contributed by atoms with van der Waals surface area (Å²) < 4.78 is 24.3. The van der Waals surface area contributed by atoms with Gasteiger partial charge in [0.1, 0.15) is 0 Å². The summed E-state index contributed by atoms with van der Waals surface area (Å²) in [5.41, 5.74) is 0. The van der Waals surface area contributed by atoms with Crippen LogP contribution in [-0.4, -0.2) is 32.1 Å². The molecule has 0 unspecified atom stereocenters. The van der Waals surface area contributed by atoms with Crippen molar-refractivity contribution in [1.29, 1.82) is 0 Å². The van der Waals surface area contributed by atoms with Crippen molar-refractivity contribution in [3.63, 3.8) is 0 Å². The van der Waals surface area contributed by atoms with E-state index < -0.39 is 10.0 Å². The Morgan fingerprint density at radius 2 is 1.16 bits per heavy atom. The van der Waals surface area contributed by atoms with Crippen LogP contribution in [0.3, 0.4) is 0 Å². The molecule has 0 aliphatic carbocycles. The van der Waals surface area contributed by atoms with E-state index in [1.807, 2.05) is 6.92 Å². The second-order valence-corrected chi connectivity index (χ2v) is 7.42. The molecule has 3 nitrogen and oxygen atoms in total. The van der Waals surface area contributed by atoms with Gasteiger partial charge in [0.05, 0.1) is 6.26 Å². The molecule has 0 spiro atoms. The van der Waals surface area contributed by atoms with E-state index in [0.29, 0.717) is 13.1 Å². The van der Waals surface area contributed by atoms with E-state index >= 15 is 0 Å². The largest absolute Gasteiger partial charge is 0.213 e. The molecule has 0 N–H and O–H groups in total. The fourth-order valence-corrected chi connectivity index (χ4v) is 3.26. The third-order valence-corrected chi connectivity index (χ3v) is 4.96. The third kappa shape index (κ3) is 11.4. The summed E-state index contributed by atoms with van der Waals surface area (Å²) in [5.74, 6) is 0. The summed E-state index contributed by atoms with van der Waals surface area (Å²) >= 11 is 0. The number of hydrogen-bond donors (Lipinski definition) is 0. The summed E-state index contributed by atoms with van der Waals surface area (Å²) in [6.45, 7) is 5.43. The molecule has 0 fully saturated rings. The maximum absolute atomic E-state index is 11.4. The summed E-state index contributed by atoms with van der Waals surface area (Å²) in [4.78, 5) is 0. The molecular formula is C15H33NO2S. The molecule has 0 aromatic rings. The number of sulfonamides is 1. The highest BCUT2D eigenvalue weighted by atomic mass is 32.2. The highest BCUT2D eigenvalue weighted by Crippen LogP contribution is 2.11. The third-order valence-electron chi connectivity index (χ3n) is 3.58. The van der Waals surface area contributed by atoms with Crippen molar-refractivity contribution in [3.8, 4) is 0 Å². The lowest BCUT2D eigenvalue weighted by molar-refractivity contribution is 0.414. The number of nitrogens with zero attached hydrogens (tertiary/aromatic N) is 1. The lowest BCUT2D eigenvalue weighted by Gasteiger charge is -2.17. The Bertz CT molecular complexity index is 289. The smallest absolute Gasteiger partial charge is 0.211 e. The van der Waals surface area contributed by atoms with Crippen molar-refractivity contribution < 1.29 is 8.42 Å². The molecule has 0 rings (SSSR count). The van der Waals surface area contributed by atoms with Gasteiger partial charge in [-0.1, -0.05) is 71.6 Å². The van der Waals surface area contributed by atoms with Gasteiger partial charge in [-0.3, -0.25) is 0 Å².